The second-order valence-corrected chi connectivity index (χ2v) is 10.1. The number of anilines is 2. The highest BCUT2D eigenvalue weighted by molar-refractivity contribution is 7.92. The van der Waals surface area contributed by atoms with Crippen molar-refractivity contribution in [3.63, 3.8) is 0 Å². The van der Waals surface area contributed by atoms with E-state index in [1.165, 1.54) is 7.11 Å². The number of aromatic nitrogens is 1. The van der Waals surface area contributed by atoms with E-state index in [0.29, 0.717) is 17.6 Å². The molecule has 1 saturated heterocycles. The molecule has 0 bridgehead atoms. The van der Waals surface area contributed by atoms with Crippen molar-refractivity contribution in [1.82, 2.24) is 9.88 Å². The fraction of sp³-hybridized carbons (Fsp3) is 0.522. The number of pyridine rings is 1. The summed E-state index contributed by atoms with van der Waals surface area (Å²) in [4.78, 5) is 9.52. The van der Waals surface area contributed by atoms with E-state index in [2.05, 4.69) is 47.2 Å². The van der Waals surface area contributed by atoms with E-state index in [1.54, 1.807) is 18.2 Å². The molecule has 0 amide bonds. The topological polar surface area (TPSA) is 74.8 Å². The Hall–Kier alpha value is -2.32. The molecule has 1 aliphatic heterocycles. The molecule has 170 valence electrons. The van der Waals surface area contributed by atoms with E-state index in [0.717, 1.165) is 44.0 Å². The lowest BCUT2D eigenvalue weighted by molar-refractivity contribution is 0.189. The second-order valence-electron chi connectivity index (χ2n) is 8.39. The fourth-order valence-electron chi connectivity index (χ4n) is 3.90. The van der Waals surface area contributed by atoms with Crippen LogP contribution >= 0.6 is 0 Å². The number of nitrogens with zero attached hydrogens (tertiary/aromatic N) is 3. The van der Waals surface area contributed by atoms with Gasteiger partial charge in [-0.05, 0) is 55.6 Å². The van der Waals surface area contributed by atoms with Gasteiger partial charge in [-0.2, -0.15) is 4.98 Å². The first-order valence-electron chi connectivity index (χ1n) is 10.9. The molecule has 0 radical (unpaired) electrons. The second kappa shape index (κ2) is 9.87. The molecule has 0 saturated carbocycles. The van der Waals surface area contributed by atoms with Crippen LogP contribution < -0.4 is 14.4 Å². The molecular weight excluding hydrogens is 412 g/mol. The van der Waals surface area contributed by atoms with Gasteiger partial charge < -0.3 is 9.64 Å². The summed E-state index contributed by atoms with van der Waals surface area (Å²) < 4.78 is 33.8. The highest BCUT2D eigenvalue weighted by Gasteiger charge is 2.25. The van der Waals surface area contributed by atoms with Gasteiger partial charge in [-0.1, -0.05) is 32.9 Å². The Labute approximate surface area is 186 Å². The molecule has 0 spiro atoms. The number of hydrogen-bond donors (Lipinski definition) is 1. The number of rotatable bonds is 8. The molecule has 31 heavy (non-hydrogen) atoms. The van der Waals surface area contributed by atoms with Gasteiger partial charge in [-0.25, -0.2) is 8.42 Å². The zero-order valence-electron chi connectivity index (χ0n) is 19.1. The number of benzene rings is 1. The van der Waals surface area contributed by atoms with Crippen molar-refractivity contribution in [2.45, 2.75) is 51.0 Å². The number of sulfonamides is 1. The largest absolute Gasteiger partial charge is 0.479 e. The van der Waals surface area contributed by atoms with Gasteiger partial charge in [0.1, 0.15) is 11.5 Å². The zero-order valence-corrected chi connectivity index (χ0v) is 19.9. The van der Waals surface area contributed by atoms with E-state index in [1.807, 2.05) is 18.2 Å². The van der Waals surface area contributed by atoms with E-state index in [9.17, 15) is 8.42 Å². The Bertz CT molecular complexity index is 977. The quantitative estimate of drug-likeness (QED) is 0.662. The minimum atomic E-state index is -3.74. The number of ether oxygens (including phenoxy) is 1. The summed E-state index contributed by atoms with van der Waals surface area (Å²) in [6.45, 7) is 12.4. The van der Waals surface area contributed by atoms with Crippen molar-refractivity contribution in [1.29, 1.82) is 0 Å². The Morgan fingerprint density at radius 3 is 2.45 bits per heavy atom. The summed E-state index contributed by atoms with van der Waals surface area (Å²) >= 11 is 0. The van der Waals surface area contributed by atoms with Crippen LogP contribution in [-0.2, 0) is 10.0 Å². The maximum atomic E-state index is 12.9. The molecule has 1 fully saturated rings. The van der Waals surface area contributed by atoms with E-state index >= 15 is 0 Å². The lowest BCUT2D eigenvalue weighted by Crippen LogP contribution is -2.52. The smallest absolute Gasteiger partial charge is 0.262 e. The molecule has 1 atom stereocenters. The van der Waals surface area contributed by atoms with Gasteiger partial charge >= 0.3 is 0 Å². The summed E-state index contributed by atoms with van der Waals surface area (Å²) in [5.41, 5.74) is 1.42. The third-order valence-electron chi connectivity index (χ3n) is 5.74. The van der Waals surface area contributed by atoms with Gasteiger partial charge in [-0.3, -0.25) is 9.62 Å². The van der Waals surface area contributed by atoms with Crippen molar-refractivity contribution in [2.24, 2.45) is 0 Å². The lowest BCUT2D eigenvalue weighted by Gasteiger charge is -2.40. The van der Waals surface area contributed by atoms with Crippen LogP contribution in [0.4, 0.5) is 11.5 Å². The predicted molar refractivity (Wildman–Crippen MR) is 126 cm³/mol. The van der Waals surface area contributed by atoms with Gasteiger partial charge in [-0.15, -0.1) is 0 Å². The molecule has 1 aromatic carbocycles. The lowest BCUT2D eigenvalue weighted by atomic mass is 10.0. The van der Waals surface area contributed by atoms with Crippen LogP contribution in [0.25, 0.3) is 0 Å². The summed E-state index contributed by atoms with van der Waals surface area (Å²) in [5.74, 6) is 1.40. The molecule has 2 heterocycles. The molecule has 0 aliphatic carbocycles. The maximum Gasteiger partial charge on any atom is 0.262 e. The Morgan fingerprint density at radius 2 is 1.87 bits per heavy atom. The van der Waals surface area contributed by atoms with Crippen LogP contribution in [0, 0.1) is 0 Å². The minimum absolute atomic E-state index is 0.212. The van der Waals surface area contributed by atoms with Crippen LogP contribution in [0.2, 0.25) is 0 Å². The van der Waals surface area contributed by atoms with Crippen LogP contribution in [0.3, 0.4) is 0 Å². The number of nitrogens with one attached hydrogen (secondary N) is 1. The third-order valence-corrected chi connectivity index (χ3v) is 7.12. The first kappa shape index (κ1) is 23.3. The first-order valence-corrected chi connectivity index (χ1v) is 12.4. The van der Waals surface area contributed by atoms with Gasteiger partial charge in [0.15, 0.2) is 0 Å². The van der Waals surface area contributed by atoms with Crippen LogP contribution in [0.15, 0.2) is 41.3 Å². The van der Waals surface area contributed by atoms with Crippen molar-refractivity contribution in [3.05, 3.63) is 42.0 Å². The Morgan fingerprint density at radius 1 is 1.16 bits per heavy atom. The van der Waals surface area contributed by atoms with Crippen molar-refractivity contribution >= 4 is 21.5 Å². The monoisotopic (exact) mass is 446 g/mol. The predicted octanol–water partition coefficient (Wildman–Crippen LogP) is 3.93. The summed E-state index contributed by atoms with van der Waals surface area (Å²) in [6.07, 6.45) is 1.14. The van der Waals surface area contributed by atoms with Crippen LogP contribution in [0.5, 0.6) is 5.88 Å². The van der Waals surface area contributed by atoms with Crippen molar-refractivity contribution in [3.8, 4) is 5.88 Å². The van der Waals surface area contributed by atoms with Gasteiger partial charge in [0, 0.05) is 25.7 Å². The Balaban J connectivity index is 1.77. The SMILES string of the molecule is CCCN1CCN(c2ccc(NS(=O)(=O)c3ccc(C(C)C)cc3)c(OC)n2)CC1C. The van der Waals surface area contributed by atoms with E-state index < -0.39 is 10.0 Å². The normalized spacial score (nSPS) is 17.7. The molecule has 7 nitrogen and oxygen atoms in total. The average Bonchev–Trinajstić information content (AvgIpc) is 2.75. The number of hydrogen-bond acceptors (Lipinski definition) is 6. The van der Waals surface area contributed by atoms with Crippen molar-refractivity contribution < 1.29 is 13.2 Å². The standard InChI is InChI=1S/C23H34N4O3S/c1-6-13-26-14-15-27(16-18(26)4)22-12-11-21(23(24-22)30-5)25-31(28,29)20-9-7-19(8-10-20)17(2)3/h7-12,17-18,25H,6,13-16H2,1-5H3. The molecule has 1 unspecified atom stereocenters. The van der Waals surface area contributed by atoms with Crippen molar-refractivity contribution in [2.75, 3.05) is 42.9 Å². The number of piperazine rings is 1. The summed E-state index contributed by atoms with van der Waals surface area (Å²) in [6, 6.07) is 11.0. The van der Waals surface area contributed by atoms with Crippen LogP contribution in [0.1, 0.15) is 45.6 Å². The van der Waals surface area contributed by atoms with Gasteiger partial charge in [0.05, 0.1) is 12.0 Å². The van der Waals surface area contributed by atoms with Gasteiger partial charge in [0.2, 0.25) is 5.88 Å². The molecule has 2 aromatic rings. The number of methoxy groups -OCH3 is 1. The molecular formula is C23H34N4O3S. The molecule has 3 rings (SSSR count). The zero-order chi connectivity index (χ0) is 22.6. The van der Waals surface area contributed by atoms with Crippen LogP contribution in [-0.4, -0.2) is 57.6 Å². The minimum Gasteiger partial charge on any atom is -0.479 e. The highest BCUT2D eigenvalue weighted by Crippen LogP contribution is 2.29. The fourth-order valence-corrected chi connectivity index (χ4v) is 4.96. The molecule has 1 aromatic heterocycles. The van der Waals surface area contributed by atoms with E-state index in [-0.39, 0.29) is 10.8 Å². The third kappa shape index (κ3) is 5.49. The molecule has 8 heteroatoms. The summed E-state index contributed by atoms with van der Waals surface area (Å²) in [5, 5.41) is 0. The maximum absolute atomic E-state index is 12.9. The van der Waals surface area contributed by atoms with Gasteiger partial charge in [0.25, 0.3) is 10.0 Å². The Kier molecular flexibility index (Phi) is 7.43. The highest BCUT2D eigenvalue weighted by atomic mass is 32.2. The molecule has 1 N–H and O–H groups in total. The molecule has 1 aliphatic rings. The van der Waals surface area contributed by atoms with E-state index in [4.69, 9.17) is 4.74 Å². The summed E-state index contributed by atoms with van der Waals surface area (Å²) in [7, 11) is -2.24. The first-order chi connectivity index (χ1) is 14.7. The average molecular weight is 447 g/mol.